The van der Waals surface area contributed by atoms with E-state index in [0.29, 0.717) is 6.42 Å². The Labute approximate surface area is 94.7 Å². The molecule has 2 N–H and O–H groups in total. The molecule has 16 heavy (non-hydrogen) atoms. The van der Waals surface area contributed by atoms with Gasteiger partial charge in [-0.1, -0.05) is 12.1 Å². The van der Waals surface area contributed by atoms with Crippen LogP contribution >= 0.6 is 0 Å². The van der Waals surface area contributed by atoms with Crippen LogP contribution in [0.25, 0.3) is 0 Å². The van der Waals surface area contributed by atoms with E-state index in [4.69, 9.17) is 5.73 Å². The maximum Gasteiger partial charge on any atom is 0.152 e. The molecule has 2 heterocycles. The Hall–Kier alpha value is -0.950. The Morgan fingerprint density at radius 3 is 3.00 bits per heavy atom. The molecule has 1 fully saturated rings. The van der Waals surface area contributed by atoms with E-state index in [9.17, 15) is 8.42 Å². The van der Waals surface area contributed by atoms with Gasteiger partial charge in [0.15, 0.2) is 9.84 Å². The molecule has 7 heteroatoms. The summed E-state index contributed by atoms with van der Waals surface area (Å²) in [7, 11) is -2.88. The van der Waals surface area contributed by atoms with Crippen molar-refractivity contribution < 1.29 is 8.42 Å². The van der Waals surface area contributed by atoms with Crippen LogP contribution in [0.5, 0.6) is 0 Å². The van der Waals surface area contributed by atoms with Gasteiger partial charge in [-0.15, -0.1) is 5.10 Å². The largest absolute Gasteiger partial charge is 0.323 e. The molecule has 1 aliphatic rings. The highest BCUT2D eigenvalue weighted by molar-refractivity contribution is 7.91. The van der Waals surface area contributed by atoms with E-state index in [-0.39, 0.29) is 23.6 Å². The fourth-order valence-electron chi connectivity index (χ4n) is 1.83. The quantitative estimate of drug-likeness (QED) is 0.811. The Morgan fingerprint density at radius 2 is 2.44 bits per heavy atom. The third-order valence-corrected chi connectivity index (χ3v) is 4.68. The Kier molecular flexibility index (Phi) is 2.98. The standard InChI is InChI=1S/C9H16N4O2S/c1-2-8(10)9-5-13(12-11-9)7-3-4-16(14,15)6-7/h5,7-8H,2-4,6,10H2,1H3. The van der Waals surface area contributed by atoms with Crippen LogP contribution in [-0.4, -0.2) is 34.9 Å². The smallest absolute Gasteiger partial charge is 0.152 e. The zero-order valence-electron chi connectivity index (χ0n) is 9.20. The lowest BCUT2D eigenvalue weighted by molar-refractivity contribution is 0.484. The summed E-state index contributed by atoms with van der Waals surface area (Å²) in [5, 5.41) is 7.93. The van der Waals surface area contributed by atoms with Crippen LogP contribution in [-0.2, 0) is 9.84 Å². The molecule has 0 amide bonds. The van der Waals surface area contributed by atoms with E-state index in [0.717, 1.165) is 12.1 Å². The Balaban J connectivity index is 2.14. The van der Waals surface area contributed by atoms with Crippen LogP contribution in [0.3, 0.4) is 0 Å². The minimum atomic E-state index is -2.88. The van der Waals surface area contributed by atoms with Gasteiger partial charge in [-0.3, -0.25) is 0 Å². The predicted molar refractivity (Wildman–Crippen MR) is 59.5 cm³/mol. The highest BCUT2D eigenvalue weighted by Crippen LogP contribution is 2.23. The van der Waals surface area contributed by atoms with Crippen molar-refractivity contribution in [1.29, 1.82) is 0 Å². The number of hydrogen-bond donors (Lipinski definition) is 1. The second kappa shape index (κ2) is 4.14. The van der Waals surface area contributed by atoms with Gasteiger partial charge < -0.3 is 5.73 Å². The van der Waals surface area contributed by atoms with Crippen LogP contribution in [0.4, 0.5) is 0 Å². The van der Waals surface area contributed by atoms with Gasteiger partial charge in [-0.25, -0.2) is 13.1 Å². The zero-order valence-corrected chi connectivity index (χ0v) is 10.0. The fraction of sp³-hybridized carbons (Fsp3) is 0.778. The molecule has 6 nitrogen and oxygen atoms in total. The summed E-state index contributed by atoms with van der Waals surface area (Å²) in [6, 6.07) is -0.193. The fourth-order valence-corrected chi connectivity index (χ4v) is 3.54. The topological polar surface area (TPSA) is 90.9 Å². The lowest BCUT2D eigenvalue weighted by Gasteiger charge is -2.06. The summed E-state index contributed by atoms with van der Waals surface area (Å²) in [5.74, 6) is 0.407. The monoisotopic (exact) mass is 244 g/mol. The zero-order chi connectivity index (χ0) is 11.8. The number of hydrogen-bond acceptors (Lipinski definition) is 5. The van der Waals surface area contributed by atoms with Gasteiger partial charge in [0.2, 0.25) is 0 Å². The Bertz CT molecular complexity index is 468. The first kappa shape index (κ1) is 11.5. The van der Waals surface area contributed by atoms with E-state index >= 15 is 0 Å². The minimum Gasteiger partial charge on any atom is -0.323 e. The van der Waals surface area contributed by atoms with Crippen molar-refractivity contribution in [2.75, 3.05) is 11.5 Å². The van der Waals surface area contributed by atoms with E-state index in [2.05, 4.69) is 10.3 Å². The molecule has 90 valence electrons. The predicted octanol–water partition coefficient (Wildman–Crippen LogP) is 0.0475. The van der Waals surface area contributed by atoms with Crippen molar-refractivity contribution in [2.45, 2.75) is 31.8 Å². The van der Waals surface area contributed by atoms with E-state index < -0.39 is 9.84 Å². The summed E-state index contributed by atoms with van der Waals surface area (Å²) in [4.78, 5) is 0. The molecular formula is C9H16N4O2S. The summed E-state index contributed by atoms with van der Waals surface area (Å²) >= 11 is 0. The first-order valence-corrected chi connectivity index (χ1v) is 7.21. The summed E-state index contributed by atoms with van der Waals surface area (Å²) in [6.07, 6.45) is 3.17. The van der Waals surface area contributed by atoms with Crippen molar-refractivity contribution in [3.63, 3.8) is 0 Å². The molecule has 0 aliphatic carbocycles. The third kappa shape index (κ3) is 2.25. The lowest BCUT2D eigenvalue weighted by Crippen LogP contribution is -2.12. The highest BCUT2D eigenvalue weighted by atomic mass is 32.2. The van der Waals surface area contributed by atoms with E-state index in [1.807, 2.05) is 6.92 Å². The summed E-state index contributed by atoms with van der Waals surface area (Å²) < 4.78 is 24.3. The van der Waals surface area contributed by atoms with Crippen molar-refractivity contribution in [3.05, 3.63) is 11.9 Å². The summed E-state index contributed by atoms with van der Waals surface area (Å²) in [6.45, 7) is 1.98. The van der Waals surface area contributed by atoms with Gasteiger partial charge in [0, 0.05) is 0 Å². The molecular weight excluding hydrogens is 228 g/mol. The number of nitrogens with zero attached hydrogens (tertiary/aromatic N) is 3. The number of rotatable bonds is 3. The number of sulfone groups is 1. The molecule has 1 aliphatic heterocycles. The van der Waals surface area contributed by atoms with Crippen molar-refractivity contribution in [1.82, 2.24) is 15.0 Å². The van der Waals surface area contributed by atoms with Crippen LogP contribution in [0.15, 0.2) is 6.20 Å². The van der Waals surface area contributed by atoms with E-state index in [1.54, 1.807) is 10.9 Å². The molecule has 1 aromatic heterocycles. The maximum absolute atomic E-state index is 11.3. The number of nitrogens with two attached hydrogens (primary N) is 1. The molecule has 0 radical (unpaired) electrons. The third-order valence-electron chi connectivity index (χ3n) is 2.93. The highest BCUT2D eigenvalue weighted by Gasteiger charge is 2.30. The normalized spacial score (nSPS) is 25.8. The van der Waals surface area contributed by atoms with Gasteiger partial charge in [-0.2, -0.15) is 0 Å². The molecule has 2 atom stereocenters. The molecule has 1 aromatic rings. The number of aromatic nitrogens is 3. The second-order valence-corrected chi connectivity index (χ2v) is 6.42. The van der Waals surface area contributed by atoms with Gasteiger partial charge in [0.1, 0.15) is 0 Å². The van der Waals surface area contributed by atoms with Crippen LogP contribution in [0, 0.1) is 0 Å². The molecule has 0 spiro atoms. The average Bonchev–Trinajstić information content (AvgIpc) is 2.83. The van der Waals surface area contributed by atoms with Gasteiger partial charge in [0.05, 0.1) is 35.5 Å². The minimum absolute atomic E-state index is 0.0738. The Morgan fingerprint density at radius 1 is 1.69 bits per heavy atom. The first-order valence-electron chi connectivity index (χ1n) is 5.39. The first-order chi connectivity index (χ1) is 7.52. The van der Waals surface area contributed by atoms with Crippen LogP contribution < -0.4 is 5.73 Å². The molecule has 0 saturated carbocycles. The van der Waals surface area contributed by atoms with Gasteiger partial charge in [-0.05, 0) is 12.8 Å². The summed E-state index contributed by atoms with van der Waals surface area (Å²) in [5.41, 5.74) is 6.55. The lowest BCUT2D eigenvalue weighted by atomic mass is 10.2. The maximum atomic E-state index is 11.3. The second-order valence-electron chi connectivity index (χ2n) is 4.20. The van der Waals surface area contributed by atoms with Crippen molar-refractivity contribution in [2.24, 2.45) is 5.73 Å². The molecule has 0 bridgehead atoms. The van der Waals surface area contributed by atoms with Crippen molar-refractivity contribution >= 4 is 9.84 Å². The SMILES string of the molecule is CCC(N)c1cn(C2CCS(=O)(=O)C2)nn1. The van der Waals surface area contributed by atoms with Gasteiger partial charge in [0.25, 0.3) is 0 Å². The molecule has 2 unspecified atom stereocenters. The van der Waals surface area contributed by atoms with Crippen molar-refractivity contribution in [3.8, 4) is 0 Å². The van der Waals surface area contributed by atoms with Crippen LogP contribution in [0.1, 0.15) is 37.5 Å². The average molecular weight is 244 g/mol. The molecule has 1 saturated heterocycles. The van der Waals surface area contributed by atoms with E-state index in [1.165, 1.54) is 0 Å². The molecule has 0 aromatic carbocycles. The van der Waals surface area contributed by atoms with Gasteiger partial charge >= 0.3 is 0 Å². The van der Waals surface area contributed by atoms with Crippen LogP contribution in [0.2, 0.25) is 0 Å². The molecule has 2 rings (SSSR count).